The average Bonchev–Trinajstić information content (AvgIpc) is 2.14. The Hall–Kier alpha value is -1.25. The van der Waals surface area contributed by atoms with Gasteiger partial charge in [-0.1, -0.05) is 6.92 Å². The predicted molar refractivity (Wildman–Crippen MR) is 55.2 cm³/mol. The molecule has 0 amide bonds. The summed E-state index contributed by atoms with van der Waals surface area (Å²) in [6.07, 6.45) is 0.588. The molecule has 0 saturated carbocycles. The van der Waals surface area contributed by atoms with Gasteiger partial charge in [-0.05, 0) is 24.1 Å². The molecular weight excluding hydrogens is 238 g/mol. The number of aryl methyl sites for hydroxylation is 1. The number of rotatable bonds is 2. The predicted octanol–water partition coefficient (Wildman–Crippen LogP) is 1.75. The average molecular weight is 246 g/mol. The maximum Gasteiger partial charge on any atom is 0.266 e. The third-order valence-corrected chi connectivity index (χ3v) is 3.28. The van der Waals surface area contributed by atoms with Crippen molar-refractivity contribution in [3.63, 3.8) is 0 Å². The van der Waals surface area contributed by atoms with Crippen molar-refractivity contribution in [2.24, 2.45) is 0 Å². The molecule has 0 unspecified atom stereocenters. The van der Waals surface area contributed by atoms with Gasteiger partial charge in [0.2, 0.25) is 0 Å². The minimum atomic E-state index is -4.10. The lowest BCUT2D eigenvalue weighted by atomic mass is 10.1. The Balaban J connectivity index is 3.61. The van der Waals surface area contributed by atoms with Gasteiger partial charge < -0.3 is 5.11 Å². The Labute approximate surface area is 92.1 Å². The second-order valence-electron chi connectivity index (χ2n) is 2.89. The van der Waals surface area contributed by atoms with Crippen molar-refractivity contribution in [1.82, 2.24) is 0 Å². The van der Waals surface area contributed by atoms with E-state index in [1.54, 1.807) is 6.07 Å². The van der Waals surface area contributed by atoms with E-state index in [1.165, 1.54) is 12.1 Å². The molecule has 1 aromatic carbocycles. The molecule has 0 bridgehead atoms. The summed E-state index contributed by atoms with van der Waals surface area (Å²) in [6, 6.07) is 4.38. The van der Waals surface area contributed by atoms with Crippen LogP contribution in [0.15, 0.2) is 17.0 Å². The fraction of sp³-hybridized carbons (Fsp3) is 0.222. The molecule has 0 saturated heterocycles. The van der Waals surface area contributed by atoms with Gasteiger partial charge in [-0.3, -0.25) is 0 Å². The summed E-state index contributed by atoms with van der Waals surface area (Å²) in [7, 11) is 1.00. The zero-order valence-corrected chi connectivity index (χ0v) is 9.43. The van der Waals surface area contributed by atoms with Gasteiger partial charge in [0.05, 0.1) is 5.56 Å². The fourth-order valence-electron chi connectivity index (χ4n) is 1.22. The highest BCUT2D eigenvalue weighted by Gasteiger charge is 2.21. The zero-order chi connectivity index (χ0) is 11.6. The van der Waals surface area contributed by atoms with E-state index in [9.17, 15) is 13.5 Å². The normalized spacial score (nSPS) is 11.0. The lowest BCUT2D eigenvalue weighted by molar-refractivity contribution is 0.458. The molecule has 1 N–H and O–H groups in total. The van der Waals surface area contributed by atoms with Gasteiger partial charge in [-0.25, -0.2) is 8.42 Å². The molecule has 1 rings (SSSR count). The van der Waals surface area contributed by atoms with Crippen molar-refractivity contribution < 1.29 is 13.5 Å². The first-order valence-corrected chi connectivity index (χ1v) is 6.41. The highest BCUT2D eigenvalue weighted by atomic mass is 35.7. The molecule has 0 aliphatic rings. The van der Waals surface area contributed by atoms with Crippen molar-refractivity contribution in [3.05, 3.63) is 23.3 Å². The molecule has 1 aromatic rings. The van der Waals surface area contributed by atoms with Gasteiger partial charge in [0.25, 0.3) is 9.05 Å². The second kappa shape index (κ2) is 4.09. The lowest BCUT2D eigenvalue weighted by Gasteiger charge is -2.05. The Kier molecular flexibility index (Phi) is 3.22. The van der Waals surface area contributed by atoms with E-state index in [1.807, 2.05) is 6.92 Å². The van der Waals surface area contributed by atoms with Gasteiger partial charge in [0, 0.05) is 10.7 Å². The zero-order valence-electron chi connectivity index (χ0n) is 7.86. The molecule has 0 aromatic heterocycles. The molecule has 0 radical (unpaired) electrons. The molecule has 0 aliphatic carbocycles. The smallest absolute Gasteiger partial charge is 0.266 e. The molecule has 4 nitrogen and oxygen atoms in total. The number of phenols is 1. The van der Waals surface area contributed by atoms with Crippen LogP contribution in [0.2, 0.25) is 0 Å². The van der Waals surface area contributed by atoms with Crippen molar-refractivity contribution in [2.45, 2.75) is 18.2 Å². The van der Waals surface area contributed by atoms with Crippen molar-refractivity contribution in [3.8, 4) is 11.8 Å². The number of benzene rings is 1. The summed E-state index contributed by atoms with van der Waals surface area (Å²) >= 11 is 0. The molecule has 0 spiro atoms. The third kappa shape index (κ3) is 2.41. The van der Waals surface area contributed by atoms with Crippen LogP contribution >= 0.6 is 10.7 Å². The van der Waals surface area contributed by atoms with E-state index in [-0.39, 0.29) is 5.56 Å². The monoisotopic (exact) mass is 245 g/mol. The van der Waals surface area contributed by atoms with Crippen LogP contribution in [0.5, 0.6) is 5.75 Å². The number of hydrogen-bond donors (Lipinski definition) is 1. The number of aromatic hydroxyl groups is 1. The van der Waals surface area contributed by atoms with Crippen LogP contribution in [0.25, 0.3) is 0 Å². The Morgan fingerprint density at radius 2 is 2.13 bits per heavy atom. The first-order valence-electron chi connectivity index (χ1n) is 4.10. The van der Waals surface area contributed by atoms with E-state index in [0.717, 1.165) is 0 Å². The molecule has 0 aliphatic heterocycles. The molecule has 15 heavy (non-hydrogen) atoms. The minimum absolute atomic E-state index is 0.137. The third-order valence-electron chi connectivity index (χ3n) is 1.90. The first kappa shape index (κ1) is 11.8. The van der Waals surface area contributed by atoms with Crippen LogP contribution in [-0.2, 0) is 15.5 Å². The minimum Gasteiger partial charge on any atom is -0.506 e. The van der Waals surface area contributed by atoms with E-state index in [0.29, 0.717) is 12.0 Å². The molecular formula is C9H8ClNO3S. The Morgan fingerprint density at radius 3 is 2.53 bits per heavy atom. The van der Waals surface area contributed by atoms with Gasteiger partial charge in [-0.2, -0.15) is 5.26 Å². The van der Waals surface area contributed by atoms with E-state index < -0.39 is 19.7 Å². The number of halogens is 1. The van der Waals surface area contributed by atoms with Crippen molar-refractivity contribution >= 4 is 19.7 Å². The quantitative estimate of drug-likeness (QED) is 0.806. The fourth-order valence-corrected chi connectivity index (χ4v) is 2.38. The molecule has 0 heterocycles. The summed E-state index contributed by atoms with van der Waals surface area (Å²) < 4.78 is 22.2. The Bertz CT molecular complexity index is 531. The maximum atomic E-state index is 11.1. The maximum absolute atomic E-state index is 11.1. The van der Waals surface area contributed by atoms with Gasteiger partial charge in [0.1, 0.15) is 16.7 Å². The van der Waals surface area contributed by atoms with E-state index in [2.05, 4.69) is 0 Å². The SMILES string of the molecule is CCc1cc(O)c(S(=O)(=O)Cl)c(C#N)c1. The van der Waals surface area contributed by atoms with Gasteiger partial charge >= 0.3 is 0 Å². The number of nitriles is 1. The van der Waals surface area contributed by atoms with Crippen LogP contribution in [0, 0.1) is 11.3 Å². The van der Waals surface area contributed by atoms with Crippen LogP contribution in [0.3, 0.4) is 0 Å². The summed E-state index contributed by atoms with van der Waals surface area (Å²) in [5.74, 6) is -0.485. The van der Waals surface area contributed by atoms with Crippen LogP contribution in [-0.4, -0.2) is 13.5 Å². The van der Waals surface area contributed by atoms with Crippen LogP contribution in [0.4, 0.5) is 0 Å². The summed E-state index contributed by atoms with van der Waals surface area (Å²) in [5, 5.41) is 18.2. The molecule has 0 atom stereocenters. The van der Waals surface area contributed by atoms with E-state index in [4.69, 9.17) is 15.9 Å². The van der Waals surface area contributed by atoms with Gasteiger partial charge in [-0.15, -0.1) is 0 Å². The van der Waals surface area contributed by atoms with Crippen LogP contribution in [0.1, 0.15) is 18.1 Å². The molecule has 0 fully saturated rings. The van der Waals surface area contributed by atoms with Crippen molar-refractivity contribution in [2.75, 3.05) is 0 Å². The summed E-state index contributed by atoms with van der Waals surface area (Å²) in [6.45, 7) is 1.82. The summed E-state index contributed by atoms with van der Waals surface area (Å²) in [5.41, 5.74) is 0.537. The Morgan fingerprint density at radius 1 is 1.53 bits per heavy atom. The number of phenolic OH excluding ortho intramolecular Hbond substituents is 1. The lowest BCUT2D eigenvalue weighted by Crippen LogP contribution is -1.97. The van der Waals surface area contributed by atoms with Crippen LogP contribution < -0.4 is 0 Å². The second-order valence-corrected chi connectivity index (χ2v) is 5.40. The summed E-state index contributed by atoms with van der Waals surface area (Å²) in [4.78, 5) is -0.524. The first-order chi connectivity index (χ1) is 6.90. The molecule has 80 valence electrons. The standard InChI is InChI=1S/C9H8ClNO3S/c1-2-6-3-7(5-11)9(8(12)4-6)15(10,13)14/h3-4,12H,2H2,1H3. The van der Waals surface area contributed by atoms with Crippen molar-refractivity contribution in [1.29, 1.82) is 5.26 Å². The topological polar surface area (TPSA) is 78.2 Å². The van der Waals surface area contributed by atoms with E-state index >= 15 is 0 Å². The highest BCUT2D eigenvalue weighted by molar-refractivity contribution is 8.13. The highest BCUT2D eigenvalue weighted by Crippen LogP contribution is 2.30. The number of hydrogen-bond acceptors (Lipinski definition) is 4. The van der Waals surface area contributed by atoms with Gasteiger partial charge in [0.15, 0.2) is 0 Å². The largest absolute Gasteiger partial charge is 0.506 e. The molecule has 6 heteroatoms. The number of nitrogens with zero attached hydrogens (tertiary/aromatic N) is 1.